The van der Waals surface area contributed by atoms with Crippen molar-refractivity contribution in [1.29, 1.82) is 0 Å². The van der Waals surface area contributed by atoms with Crippen LogP contribution in [0.5, 0.6) is 0 Å². The van der Waals surface area contributed by atoms with Gasteiger partial charge in [0.25, 0.3) is 0 Å². The summed E-state index contributed by atoms with van der Waals surface area (Å²) in [5, 5.41) is 0. The molecule has 2 N–H and O–H groups in total. The van der Waals surface area contributed by atoms with E-state index >= 15 is 0 Å². The largest absolute Gasteiger partial charge is 0.330 e. The second kappa shape index (κ2) is 6.62. The summed E-state index contributed by atoms with van der Waals surface area (Å²) in [5.41, 5.74) is 6.22. The Labute approximate surface area is 121 Å². The molecule has 2 rings (SSSR count). The van der Waals surface area contributed by atoms with Crippen molar-refractivity contribution in [2.75, 3.05) is 6.54 Å². The lowest BCUT2D eigenvalue weighted by atomic mass is 9.76. The van der Waals surface area contributed by atoms with Crippen LogP contribution in [-0.4, -0.2) is 12.3 Å². The number of halogens is 2. The van der Waals surface area contributed by atoms with Crippen molar-refractivity contribution in [3.05, 3.63) is 34.1 Å². The minimum atomic E-state index is -0.317. The summed E-state index contributed by atoms with van der Waals surface area (Å²) < 4.78 is 14.4. The molecule has 0 radical (unpaired) electrons. The van der Waals surface area contributed by atoms with Crippen LogP contribution >= 0.6 is 15.9 Å². The van der Waals surface area contributed by atoms with Crippen molar-refractivity contribution in [3.63, 3.8) is 0 Å². The molecule has 0 aliphatic heterocycles. The molecule has 0 bridgehead atoms. The molecule has 1 saturated carbocycles. The Morgan fingerprint density at radius 1 is 1.37 bits per heavy atom. The van der Waals surface area contributed by atoms with Gasteiger partial charge in [-0.15, -0.1) is 0 Å². The summed E-state index contributed by atoms with van der Waals surface area (Å²) in [6, 6.07) is 4.86. The quantitative estimate of drug-likeness (QED) is 0.920. The second-order valence-corrected chi connectivity index (χ2v) is 6.18. The van der Waals surface area contributed by atoms with Gasteiger partial charge in [0.2, 0.25) is 0 Å². The van der Waals surface area contributed by atoms with E-state index in [1.54, 1.807) is 12.1 Å². The van der Waals surface area contributed by atoms with Crippen molar-refractivity contribution < 1.29 is 9.18 Å². The van der Waals surface area contributed by atoms with Gasteiger partial charge >= 0.3 is 0 Å². The Bertz CT molecular complexity index is 463. The van der Waals surface area contributed by atoms with Crippen LogP contribution < -0.4 is 5.73 Å². The van der Waals surface area contributed by atoms with Gasteiger partial charge in [-0.25, -0.2) is 4.39 Å². The molecular formula is C15H19BrFNO. The number of carbonyl (C=O) groups excluding carboxylic acids is 1. The fourth-order valence-corrected chi connectivity index (χ4v) is 3.23. The SMILES string of the molecule is NCC1CCCCC1C(=O)Cc1ccc(Br)cc1F. The lowest BCUT2D eigenvalue weighted by Gasteiger charge is -2.29. The highest BCUT2D eigenvalue weighted by Gasteiger charge is 2.29. The number of carbonyl (C=O) groups is 1. The van der Waals surface area contributed by atoms with E-state index in [4.69, 9.17) is 5.73 Å². The maximum atomic E-state index is 13.8. The number of hydrogen-bond donors (Lipinski definition) is 1. The summed E-state index contributed by atoms with van der Waals surface area (Å²) in [6.45, 7) is 0.555. The average Bonchev–Trinajstić information content (AvgIpc) is 2.41. The highest BCUT2D eigenvalue weighted by molar-refractivity contribution is 9.10. The van der Waals surface area contributed by atoms with Gasteiger partial charge < -0.3 is 5.73 Å². The first-order valence-corrected chi connectivity index (χ1v) is 7.58. The summed E-state index contributed by atoms with van der Waals surface area (Å²) in [6.07, 6.45) is 4.34. The maximum absolute atomic E-state index is 13.8. The van der Waals surface area contributed by atoms with Crippen LogP contribution in [0.25, 0.3) is 0 Å². The first kappa shape index (κ1) is 14.7. The van der Waals surface area contributed by atoms with E-state index in [2.05, 4.69) is 15.9 Å². The third-order valence-corrected chi connectivity index (χ3v) is 4.50. The van der Waals surface area contributed by atoms with Crippen molar-refractivity contribution in [1.82, 2.24) is 0 Å². The topological polar surface area (TPSA) is 43.1 Å². The minimum Gasteiger partial charge on any atom is -0.330 e. The third kappa shape index (κ3) is 3.63. The summed E-state index contributed by atoms with van der Waals surface area (Å²) >= 11 is 3.22. The van der Waals surface area contributed by atoms with E-state index in [1.807, 2.05) is 0 Å². The van der Waals surface area contributed by atoms with Gasteiger partial charge in [-0.3, -0.25) is 4.79 Å². The molecule has 0 aromatic heterocycles. The van der Waals surface area contributed by atoms with Gasteiger partial charge in [0.15, 0.2) is 0 Å². The van der Waals surface area contributed by atoms with Crippen LogP contribution in [0.2, 0.25) is 0 Å². The van der Waals surface area contributed by atoms with Crippen LogP contribution in [0, 0.1) is 17.7 Å². The predicted molar refractivity (Wildman–Crippen MR) is 77.3 cm³/mol. The summed E-state index contributed by atoms with van der Waals surface area (Å²) in [5.74, 6) is 0.112. The molecule has 0 heterocycles. The van der Waals surface area contributed by atoms with E-state index in [9.17, 15) is 9.18 Å². The summed E-state index contributed by atoms with van der Waals surface area (Å²) in [7, 11) is 0. The molecule has 1 fully saturated rings. The normalized spacial score (nSPS) is 23.3. The molecule has 1 aromatic rings. The molecule has 2 nitrogen and oxygen atoms in total. The first-order valence-electron chi connectivity index (χ1n) is 6.78. The molecule has 1 aliphatic carbocycles. The van der Waals surface area contributed by atoms with Crippen molar-refractivity contribution in [2.24, 2.45) is 17.6 Å². The molecule has 1 aromatic carbocycles. The van der Waals surface area contributed by atoms with Gasteiger partial charge in [0.05, 0.1) is 0 Å². The molecule has 0 saturated heterocycles. The number of ketones is 1. The lowest BCUT2D eigenvalue weighted by Crippen LogP contribution is -2.33. The molecule has 2 atom stereocenters. The van der Waals surface area contributed by atoms with E-state index in [0.717, 1.165) is 25.7 Å². The van der Waals surface area contributed by atoms with Gasteiger partial charge in [0.1, 0.15) is 11.6 Å². The molecule has 104 valence electrons. The Morgan fingerprint density at radius 3 is 2.79 bits per heavy atom. The van der Waals surface area contributed by atoms with Crippen molar-refractivity contribution >= 4 is 21.7 Å². The van der Waals surface area contributed by atoms with Gasteiger partial charge in [0, 0.05) is 16.8 Å². The number of nitrogens with two attached hydrogens (primary N) is 1. The van der Waals surface area contributed by atoms with Crippen LogP contribution in [0.15, 0.2) is 22.7 Å². The Morgan fingerprint density at radius 2 is 2.11 bits per heavy atom. The Kier molecular flexibility index (Phi) is 5.11. The van der Waals surface area contributed by atoms with Crippen LogP contribution in [-0.2, 0) is 11.2 Å². The molecule has 0 spiro atoms. The Hall–Kier alpha value is -0.740. The number of Topliss-reactive ketones (excluding diaryl/α,β-unsaturated/α-hetero) is 1. The van der Waals surface area contributed by atoms with Crippen molar-refractivity contribution in [2.45, 2.75) is 32.1 Å². The molecular weight excluding hydrogens is 309 g/mol. The monoisotopic (exact) mass is 327 g/mol. The molecule has 19 heavy (non-hydrogen) atoms. The zero-order valence-electron chi connectivity index (χ0n) is 10.9. The van der Waals surface area contributed by atoms with Crippen molar-refractivity contribution in [3.8, 4) is 0 Å². The van der Waals surface area contributed by atoms with E-state index in [1.165, 1.54) is 6.07 Å². The van der Waals surface area contributed by atoms with Crippen LogP contribution in [0.3, 0.4) is 0 Å². The second-order valence-electron chi connectivity index (χ2n) is 5.27. The van der Waals surface area contributed by atoms with Crippen LogP contribution in [0.4, 0.5) is 4.39 Å². The fraction of sp³-hybridized carbons (Fsp3) is 0.533. The van der Waals surface area contributed by atoms with Crippen LogP contribution in [0.1, 0.15) is 31.2 Å². The van der Waals surface area contributed by atoms with Gasteiger partial charge in [-0.05, 0) is 43.0 Å². The predicted octanol–water partition coefficient (Wildman–Crippen LogP) is 3.46. The van der Waals surface area contributed by atoms with E-state index < -0.39 is 0 Å². The fourth-order valence-electron chi connectivity index (χ4n) is 2.90. The highest BCUT2D eigenvalue weighted by Crippen LogP contribution is 2.31. The number of hydrogen-bond acceptors (Lipinski definition) is 2. The standard InChI is InChI=1S/C15H19BrFNO/c16-12-6-5-10(14(17)8-12)7-15(19)13-4-2-1-3-11(13)9-18/h5-6,8,11,13H,1-4,7,9,18H2. The zero-order chi connectivity index (χ0) is 13.8. The smallest absolute Gasteiger partial charge is 0.140 e. The lowest BCUT2D eigenvalue weighted by molar-refractivity contribution is -0.124. The van der Waals surface area contributed by atoms with E-state index in [0.29, 0.717) is 16.6 Å². The third-order valence-electron chi connectivity index (χ3n) is 4.01. The number of rotatable bonds is 4. The average molecular weight is 328 g/mol. The minimum absolute atomic E-state index is 0.0156. The summed E-state index contributed by atoms with van der Waals surface area (Å²) in [4.78, 5) is 12.3. The first-order chi connectivity index (χ1) is 9.11. The maximum Gasteiger partial charge on any atom is 0.140 e. The Balaban J connectivity index is 2.07. The zero-order valence-corrected chi connectivity index (χ0v) is 12.5. The molecule has 4 heteroatoms. The highest BCUT2D eigenvalue weighted by atomic mass is 79.9. The molecule has 1 aliphatic rings. The molecule has 0 amide bonds. The van der Waals surface area contributed by atoms with Gasteiger partial charge in [-0.2, -0.15) is 0 Å². The molecule has 2 unspecified atom stereocenters. The van der Waals surface area contributed by atoms with Gasteiger partial charge in [-0.1, -0.05) is 34.8 Å². The van der Waals surface area contributed by atoms with E-state index in [-0.39, 0.29) is 29.9 Å². The number of benzene rings is 1.